The summed E-state index contributed by atoms with van der Waals surface area (Å²) in [7, 11) is 0. The van der Waals surface area contributed by atoms with Crippen LogP contribution >= 0.6 is 0 Å². The molecule has 6 heteroatoms. The van der Waals surface area contributed by atoms with Crippen LogP contribution in [0, 0.1) is 21.4 Å². The second-order valence-electron chi connectivity index (χ2n) is 4.42. The van der Waals surface area contributed by atoms with Gasteiger partial charge in [-0.3, -0.25) is 10.1 Å². The van der Waals surface area contributed by atoms with Gasteiger partial charge < -0.3 is 11.1 Å². The fourth-order valence-electron chi connectivity index (χ4n) is 2.31. The van der Waals surface area contributed by atoms with Gasteiger partial charge in [-0.15, -0.1) is 0 Å². The normalized spacial score (nSPS) is 22.4. The monoisotopic (exact) mass is 246 g/mol. The number of hydrogen-bond acceptors (Lipinski definition) is 5. The van der Waals surface area contributed by atoms with E-state index in [9.17, 15) is 10.1 Å². The fraction of sp³-hybridized carbons (Fsp3) is 0.417. The van der Waals surface area contributed by atoms with Gasteiger partial charge in [-0.2, -0.15) is 5.26 Å². The first kappa shape index (κ1) is 12.3. The molecule has 2 unspecified atom stereocenters. The van der Waals surface area contributed by atoms with Gasteiger partial charge in [0.05, 0.1) is 4.92 Å². The maximum absolute atomic E-state index is 11.0. The Hall–Kier alpha value is -2.13. The SMILES string of the molecule is N#Cc1cccc(NC2CCCC2N)c1[N+](=O)[O-]. The van der Waals surface area contributed by atoms with Gasteiger partial charge >= 0.3 is 5.69 Å². The number of anilines is 1. The molecule has 1 saturated carbocycles. The molecule has 0 aliphatic heterocycles. The molecule has 18 heavy (non-hydrogen) atoms. The molecule has 0 saturated heterocycles. The summed E-state index contributed by atoms with van der Waals surface area (Å²) >= 11 is 0. The minimum atomic E-state index is -0.526. The number of rotatable bonds is 3. The molecule has 3 N–H and O–H groups in total. The van der Waals surface area contributed by atoms with Crippen LogP contribution in [0.4, 0.5) is 11.4 Å². The summed E-state index contributed by atoms with van der Waals surface area (Å²) in [5.41, 5.74) is 6.20. The molecular weight excluding hydrogens is 232 g/mol. The number of para-hydroxylation sites is 1. The third kappa shape index (κ3) is 2.26. The van der Waals surface area contributed by atoms with Crippen molar-refractivity contribution in [2.75, 3.05) is 5.32 Å². The van der Waals surface area contributed by atoms with Gasteiger partial charge in [0, 0.05) is 12.1 Å². The average Bonchev–Trinajstić information content (AvgIpc) is 2.74. The number of hydrogen-bond donors (Lipinski definition) is 2. The van der Waals surface area contributed by atoms with Crippen molar-refractivity contribution in [1.82, 2.24) is 0 Å². The highest BCUT2D eigenvalue weighted by molar-refractivity contribution is 5.69. The van der Waals surface area contributed by atoms with Gasteiger partial charge in [-0.25, -0.2) is 0 Å². The van der Waals surface area contributed by atoms with Crippen molar-refractivity contribution in [2.24, 2.45) is 5.73 Å². The molecule has 0 spiro atoms. The molecule has 0 radical (unpaired) electrons. The lowest BCUT2D eigenvalue weighted by atomic mass is 10.1. The molecule has 1 aliphatic rings. The first-order valence-electron chi connectivity index (χ1n) is 5.83. The number of benzene rings is 1. The van der Waals surface area contributed by atoms with E-state index >= 15 is 0 Å². The zero-order valence-corrected chi connectivity index (χ0v) is 9.80. The van der Waals surface area contributed by atoms with Crippen LogP contribution < -0.4 is 11.1 Å². The van der Waals surface area contributed by atoms with E-state index in [1.165, 1.54) is 6.07 Å². The van der Waals surface area contributed by atoms with Gasteiger partial charge in [0.2, 0.25) is 0 Å². The topological polar surface area (TPSA) is 105 Å². The molecule has 1 fully saturated rings. The van der Waals surface area contributed by atoms with Crippen LogP contribution in [-0.4, -0.2) is 17.0 Å². The molecule has 1 aromatic rings. The molecular formula is C12H14N4O2. The van der Waals surface area contributed by atoms with Gasteiger partial charge in [-0.1, -0.05) is 6.07 Å². The third-order valence-corrected chi connectivity index (χ3v) is 3.25. The fourth-order valence-corrected chi connectivity index (χ4v) is 2.31. The Morgan fingerprint density at radius 1 is 1.50 bits per heavy atom. The van der Waals surface area contributed by atoms with Crippen LogP contribution in [0.15, 0.2) is 18.2 Å². The van der Waals surface area contributed by atoms with E-state index in [-0.39, 0.29) is 23.3 Å². The second kappa shape index (κ2) is 5.02. The quantitative estimate of drug-likeness (QED) is 0.624. The van der Waals surface area contributed by atoms with Crippen molar-refractivity contribution in [3.05, 3.63) is 33.9 Å². The Morgan fingerprint density at radius 3 is 2.83 bits per heavy atom. The number of nitrogens with one attached hydrogen (secondary N) is 1. The minimum absolute atomic E-state index is 0.00958. The van der Waals surface area contributed by atoms with Gasteiger partial charge in [0.15, 0.2) is 0 Å². The van der Waals surface area contributed by atoms with E-state index < -0.39 is 4.92 Å². The van der Waals surface area contributed by atoms with Gasteiger partial charge in [0.1, 0.15) is 17.3 Å². The molecule has 2 rings (SSSR count). The van der Waals surface area contributed by atoms with Gasteiger partial charge in [-0.05, 0) is 31.4 Å². The summed E-state index contributed by atoms with van der Waals surface area (Å²) in [6.45, 7) is 0. The number of nitriles is 1. The summed E-state index contributed by atoms with van der Waals surface area (Å²) in [6, 6.07) is 6.58. The van der Waals surface area contributed by atoms with Crippen LogP contribution in [0.1, 0.15) is 24.8 Å². The van der Waals surface area contributed by atoms with Crippen LogP contribution in [-0.2, 0) is 0 Å². The Balaban J connectivity index is 2.33. The standard InChI is InChI=1S/C12H14N4O2/c13-7-8-3-1-6-11(12(8)16(17)18)15-10-5-2-4-9(10)14/h1,3,6,9-10,15H,2,4-5,14H2. The van der Waals surface area contributed by atoms with Crippen molar-refractivity contribution in [3.8, 4) is 6.07 Å². The third-order valence-electron chi connectivity index (χ3n) is 3.25. The zero-order valence-electron chi connectivity index (χ0n) is 9.80. The highest BCUT2D eigenvalue weighted by Gasteiger charge is 2.27. The molecule has 2 atom stereocenters. The number of nitrogens with zero attached hydrogens (tertiary/aromatic N) is 2. The summed E-state index contributed by atoms with van der Waals surface area (Å²) in [6.07, 6.45) is 2.84. The maximum atomic E-state index is 11.0. The summed E-state index contributed by atoms with van der Waals surface area (Å²) < 4.78 is 0. The molecule has 0 heterocycles. The van der Waals surface area contributed by atoms with E-state index in [0.29, 0.717) is 5.69 Å². The lowest BCUT2D eigenvalue weighted by Crippen LogP contribution is -2.35. The molecule has 0 amide bonds. The Morgan fingerprint density at radius 2 is 2.28 bits per heavy atom. The first-order chi connectivity index (χ1) is 8.63. The summed E-state index contributed by atoms with van der Waals surface area (Å²) in [5.74, 6) is 0. The second-order valence-corrected chi connectivity index (χ2v) is 4.42. The van der Waals surface area contributed by atoms with Crippen LogP contribution in [0.2, 0.25) is 0 Å². The molecule has 0 bridgehead atoms. The van der Waals surface area contributed by atoms with Gasteiger partial charge in [0.25, 0.3) is 0 Å². The molecule has 6 nitrogen and oxygen atoms in total. The number of nitro groups is 1. The Labute approximate surface area is 105 Å². The smallest absolute Gasteiger partial charge is 0.309 e. The Kier molecular flexibility index (Phi) is 3.44. The predicted octanol–water partition coefficient (Wildman–Crippen LogP) is 1.76. The van der Waals surface area contributed by atoms with Crippen molar-refractivity contribution < 1.29 is 4.92 Å². The predicted molar refractivity (Wildman–Crippen MR) is 67.0 cm³/mol. The van der Waals surface area contributed by atoms with Crippen LogP contribution in [0.25, 0.3) is 0 Å². The zero-order chi connectivity index (χ0) is 13.1. The Bertz CT molecular complexity index is 509. The van der Waals surface area contributed by atoms with E-state index in [1.807, 2.05) is 6.07 Å². The highest BCUT2D eigenvalue weighted by atomic mass is 16.6. The highest BCUT2D eigenvalue weighted by Crippen LogP contribution is 2.31. The van der Waals surface area contributed by atoms with Crippen molar-refractivity contribution in [1.29, 1.82) is 5.26 Å². The minimum Gasteiger partial charge on any atom is -0.375 e. The van der Waals surface area contributed by atoms with E-state index in [2.05, 4.69) is 5.32 Å². The van der Waals surface area contributed by atoms with Crippen LogP contribution in [0.3, 0.4) is 0 Å². The first-order valence-corrected chi connectivity index (χ1v) is 5.83. The molecule has 1 aliphatic carbocycles. The van der Waals surface area contributed by atoms with E-state index in [4.69, 9.17) is 11.0 Å². The summed E-state index contributed by atoms with van der Waals surface area (Å²) in [4.78, 5) is 10.5. The van der Waals surface area contributed by atoms with E-state index in [1.54, 1.807) is 12.1 Å². The lowest BCUT2D eigenvalue weighted by Gasteiger charge is -2.18. The molecule has 1 aromatic carbocycles. The van der Waals surface area contributed by atoms with Crippen molar-refractivity contribution in [2.45, 2.75) is 31.3 Å². The molecule has 94 valence electrons. The number of nitro benzene ring substituents is 1. The largest absolute Gasteiger partial charge is 0.375 e. The van der Waals surface area contributed by atoms with Crippen LogP contribution in [0.5, 0.6) is 0 Å². The number of nitrogens with two attached hydrogens (primary N) is 1. The van der Waals surface area contributed by atoms with Crippen molar-refractivity contribution >= 4 is 11.4 Å². The summed E-state index contributed by atoms with van der Waals surface area (Å²) in [5, 5.41) is 23.0. The molecule has 0 aromatic heterocycles. The average molecular weight is 246 g/mol. The lowest BCUT2D eigenvalue weighted by molar-refractivity contribution is -0.384. The van der Waals surface area contributed by atoms with Crippen molar-refractivity contribution in [3.63, 3.8) is 0 Å². The maximum Gasteiger partial charge on any atom is 0.309 e. The van der Waals surface area contributed by atoms with E-state index in [0.717, 1.165) is 19.3 Å².